The van der Waals surface area contributed by atoms with Crippen LogP contribution in [0, 0.1) is 0 Å². The zero-order valence-electron chi connectivity index (χ0n) is 10.8. The Labute approximate surface area is 116 Å². The number of halogens is 1. The van der Waals surface area contributed by atoms with Gasteiger partial charge in [-0.15, -0.1) is 0 Å². The number of piperazine rings is 1. The van der Waals surface area contributed by atoms with Gasteiger partial charge in [-0.25, -0.2) is 4.98 Å². The van der Waals surface area contributed by atoms with Crippen LogP contribution < -0.4 is 0 Å². The Bertz CT molecular complexity index is 438. The van der Waals surface area contributed by atoms with Crippen LogP contribution in [0.25, 0.3) is 0 Å². The van der Waals surface area contributed by atoms with E-state index in [1.807, 2.05) is 17.0 Å². The van der Waals surface area contributed by atoms with E-state index in [1.165, 1.54) is 0 Å². The van der Waals surface area contributed by atoms with Crippen LogP contribution in [0.5, 0.6) is 0 Å². The second kappa shape index (κ2) is 5.80. The van der Waals surface area contributed by atoms with Crippen LogP contribution in [-0.2, 0) is 0 Å². The molecule has 2 heterocycles. The highest BCUT2D eigenvalue weighted by Gasteiger charge is 2.28. The van der Waals surface area contributed by atoms with Crippen molar-refractivity contribution in [1.82, 2.24) is 14.8 Å². The normalized spacial score (nSPS) is 21.1. The third-order valence-electron chi connectivity index (χ3n) is 3.50. The van der Waals surface area contributed by atoms with E-state index in [-0.39, 0.29) is 5.91 Å². The molecule has 1 unspecified atom stereocenters. The van der Waals surface area contributed by atoms with Crippen LogP contribution >= 0.6 is 15.9 Å². The molecule has 1 fully saturated rings. The average molecular weight is 312 g/mol. The van der Waals surface area contributed by atoms with E-state index in [0.29, 0.717) is 11.7 Å². The molecule has 1 aromatic heterocycles. The quantitative estimate of drug-likeness (QED) is 0.838. The molecule has 1 aliphatic rings. The van der Waals surface area contributed by atoms with E-state index in [2.05, 4.69) is 39.8 Å². The molecule has 18 heavy (non-hydrogen) atoms. The van der Waals surface area contributed by atoms with Gasteiger partial charge in [0.2, 0.25) is 0 Å². The fourth-order valence-electron chi connectivity index (χ4n) is 2.26. The first-order valence-electron chi connectivity index (χ1n) is 6.23. The zero-order valence-corrected chi connectivity index (χ0v) is 12.4. The minimum Gasteiger partial charge on any atom is -0.334 e. The van der Waals surface area contributed by atoms with Crippen LogP contribution in [0.4, 0.5) is 0 Å². The smallest absolute Gasteiger partial charge is 0.273 e. The molecule has 0 bridgehead atoms. The van der Waals surface area contributed by atoms with Crippen molar-refractivity contribution in [3.8, 4) is 0 Å². The fraction of sp³-hybridized carbons (Fsp3) is 0.538. The number of likely N-dealkylation sites (N-methyl/N-ethyl adjacent to an activating group) is 1. The fourth-order valence-corrected chi connectivity index (χ4v) is 2.69. The van der Waals surface area contributed by atoms with Crippen molar-refractivity contribution < 1.29 is 4.79 Å². The van der Waals surface area contributed by atoms with Crippen molar-refractivity contribution in [1.29, 1.82) is 0 Å². The van der Waals surface area contributed by atoms with Crippen LogP contribution in [0.3, 0.4) is 0 Å². The molecule has 0 radical (unpaired) electrons. The Morgan fingerprint density at radius 1 is 1.56 bits per heavy atom. The molecule has 98 valence electrons. The lowest BCUT2D eigenvalue weighted by Crippen LogP contribution is -2.53. The summed E-state index contributed by atoms with van der Waals surface area (Å²) < 4.78 is 0.766. The lowest BCUT2D eigenvalue weighted by atomic mass is 10.1. The Morgan fingerprint density at radius 3 is 3.00 bits per heavy atom. The van der Waals surface area contributed by atoms with Crippen LogP contribution in [0.15, 0.2) is 22.8 Å². The lowest BCUT2D eigenvalue weighted by Gasteiger charge is -2.39. The highest BCUT2D eigenvalue weighted by molar-refractivity contribution is 9.10. The third-order valence-corrected chi connectivity index (χ3v) is 4.14. The van der Waals surface area contributed by atoms with Gasteiger partial charge in [0.1, 0.15) is 5.69 Å². The van der Waals surface area contributed by atoms with Crippen molar-refractivity contribution in [3.05, 3.63) is 28.5 Å². The molecule has 0 aromatic carbocycles. The van der Waals surface area contributed by atoms with Crippen LogP contribution in [0.1, 0.15) is 23.8 Å². The van der Waals surface area contributed by atoms with Gasteiger partial charge in [-0.2, -0.15) is 0 Å². The summed E-state index contributed by atoms with van der Waals surface area (Å²) in [5, 5.41) is 0. The number of carbonyl (C=O) groups is 1. The first kappa shape index (κ1) is 13.5. The van der Waals surface area contributed by atoms with Gasteiger partial charge in [-0.05, 0) is 41.5 Å². The van der Waals surface area contributed by atoms with Crippen molar-refractivity contribution in [2.75, 3.05) is 26.7 Å². The highest BCUT2D eigenvalue weighted by Crippen LogP contribution is 2.18. The zero-order chi connectivity index (χ0) is 13.1. The van der Waals surface area contributed by atoms with E-state index in [4.69, 9.17) is 0 Å². The molecule has 1 aliphatic heterocycles. The molecule has 4 nitrogen and oxygen atoms in total. The third kappa shape index (κ3) is 2.72. The summed E-state index contributed by atoms with van der Waals surface area (Å²) in [6.07, 6.45) is 2.72. The second-order valence-electron chi connectivity index (χ2n) is 4.63. The van der Waals surface area contributed by atoms with Crippen molar-refractivity contribution in [2.24, 2.45) is 0 Å². The molecule has 1 atom stereocenters. The number of aromatic nitrogens is 1. The predicted molar refractivity (Wildman–Crippen MR) is 74.5 cm³/mol. The number of pyridine rings is 1. The molecular formula is C13H18BrN3O. The maximum atomic E-state index is 12.4. The van der Waals surface area contributed by atoms with E-state index in [1.54, 1.807) is 6.20 Å². The molecule has 2 rings (SSSR count). The Kier molecular flexibility index (Phi) is 4.35. The molecule has 0 spiro atoms. The van der Waals surface area contributed by atoms with Gasteiger partial charge in [0.25, 0.3) is 5.91 Å². The largest absolute Gasteiger partial charge is 0.334 e. The summed E-state index contributed by atoms with van der Waals surface area (Å²) >= 11 is 3.39. The maximum absolute atomic E-state index is 12.4. The number of carbonyl (C=O) groups excluding carboxylic acids is 1. The number of rotatable bonds is 2. The molecule has 0 saturated carbocycles. The summed E-state index contributed by atoms with van der Waals surface area (Å²) in [4.78, 5) is 20.8. The Balaban J connectivity index is 2.13. The number of hydrogen-bond donors (Lipinski definition) is 0. The minimum absolute atomic E-state index is 0.0222. The van der Waals surface area contributed by atoms with Gasteiger partial charge in [0.15, 0.2) is 0 Å². The molecule has 1 amide bonds. The summed E-state index contributed by atoms with van der Waals surface area (Å²) in [7, 11) is 2.12. The molecule has 1 aromatic rings. The summed E-state index contributed by atoms with van der Waals surface area (Å²) in [6, 6.07) is 4.12. The van der Waals surface area contributed by atoms with Gasteiger partial charge < -0.3 is 4.90 Å². The number of amides is 1. The van der Waals surface area contributed by atoms with Gasteiger partial charge in [-0.3, -0.25) is 9.69 Å². The molecular weight excluding hydrogens is 294 g/mol. The minimum atomic E-state index is 0.0222. The van der Waals surface area contributed by atoms with Crippen LogP contribution in [-0.4, -0.2) is 53.4 Å². The predicted octanol–water partition coefficient (Wildman–Crippen LogP) is 2.01. The SMILES string of the molecule is CCC1CN(C(=O)c2ncccc2Br)CCN1C. The van der Waals surface area contributed by atoms with Crippen molar-refractivity contribution >= 4 is 21.8 Å². The second-order valence-corrected chi connectivity index (χ2v) is 5.48. The first-order chi connectivity index (χ1) is 8.63. The van der Waals surface area contributed by atoms with Gasteiger partial charge in [-0.1, -0.05) is 6.92 Å². The maximum Gasteiger partial charge on any atom is 0.273 e. The first-order valence-corrected chi connectivity index (χ1v) is 7.02. The molecule has 5 heteroatoms. The van der Waals surface area contributed by atoms with E-state index >= 15 is 0 Å². The molecule has 0 N–H and O–H groups in total. The van der Waals surface area contributed by atoms with E-state index in [9.17, 15) is 4.79 Å². The van der Waals surface area contributed by atoms with Gasteiger partial charge in [0, 0.05) is 36.3 Å². The number of nitrogens with zero attached hydrogens (tertiary/aromatic N) is 3. The molecule has 0 aliphatic carbocycles. The Morgan fingerprint density at radius 2 is 2.33 bits per heavy atom. The summed E-state index contributed by atoms with van der Waals surface area (Å²) in [5.41, 5.74) is 0.511. The van der Waals surface area contributed by atoms with Crippen molar-refractivity contribution in [2.45, 2.75) is 19.4 Å². The van der Waals surface area contributed by atoms with Crippen LogP contribution in [0.2, 0.25) is 0 Å². The monoisotopic (exact) mass is 311 g/mol. The topological polar surface area (TPSA) is 36.4 Å². The van der Waals surface area contributed by atoms with Gasteiger partial charge in [0.05, 0.1) is 0 Å². The Hall–Kier alpha value is -0.940. The highest BCUT2D eigenvalue weighted by atomic mass is 79.9. The van der Waals surface area contributed by atoms with Gasteiger partial charge >= 0.3 is 0 Å². The number of hydrogen-bond acceptors (Lipinski definition) is 3. The summed E-state index contributed by atoms with van der Waals surface area (Å²) in [5.74, 6) is 0.0222. The standard InChI is InChI=1S/C13H18BrN3O/c1-3-10-9-17(8-7-16(10)2)13(18)12-11(14)5-4-6-15-12/h4-6,10H,3,7-9H2,1-2H3. The lowest BCUT2D eigenvalue weighted by molar-refractivity contribution is 0.0535. The van der Waals surface area contributed by atoms with E-state index < -0.39 is 0 Å². The summed E-state index contributed by atoms with van der Waals surface area (Å²) in [6.45, 7) is 4.64. The van der Waals surface area contributed by atoms with E-state index in [0.717, 1.165) is 30.5 Å². The molecule has 1 saturated heterocycles. The average Bonchev–Trinajstić information content (AvgIpc) is 2.39. The van der Waals surface area contributed by atoms with Crippen molar-refractivity contribution in [3.63, 3.8) is 0 Å².